The van der Waals surface area contributed by atoms with Crippen LogP contribution in [0.5, 0.6) is 0 Å². The van der Waals surface area contributed by atoms with E-state index < -0.39 is 17.3 Å². The number of para-hydroxylation sites is 1. The van der Waals surface area contributed by atoms with Crippen molar-refractivity contribution >= 4 is 34.8 Å². The number of hydrogen-bond acceptors (Lipinski definition) is 6. The zero-order chi connectivity index (χ0) is 20.0. The van der Waals surface area contributed by atoms with E-state index in [2.05, 4.69) is 10.3 Å². The molecule has 3 heterocycles. The molecule has 1 aliphatic heterocycles. The largest absolute Gasteiger partial charge is 0.464 e. The molecule has 1 aliphatic rings. The highest BCUT2D eigenvalue weighted by Gasteiger charge is 2.27. The number of anilines is 1. The van der Waals surface area contributed by atoms with Crippen LogP contribution in [-0.4, -0.2) is 56.1 Å². The zero-order valence-corrected chi connectivity index (χ0v) is 15.7. The van der Waals surface area contributed by atoms with Crippen molar-refractivity contribution in [3.63, 3.8) is 0 Å². The molecular weight excluding hydrogens is 388 g/mol. The van der Waals surface area contributed by atoms with Gasteiger partial charge >= 0.3 is 11.8 Å². The van der Waals surface area contributed by atoms with Gasteiger partial charge in [-0.3, -0.25) is 13.9 Å². The normalized spacial score (nSPS) is 14.6. The second-order valence-electron chi connectivity index (χ2n) is 6.37. The maximum atomic E-state index is 12.9. The molecule has 1 saturated heterocycles. The van der Waals surface area contributed by atoms with Crippen LogP contribution in [0.15, 0.2) is 33.9 Å². The van der Waals surface area contributed by atoms with Crippen LogP contribution in [0.4, 0.5) is 10.7 Å². The number of nitrogens with one attached hydrogen (secondary N) is 1. The third-order valence-electron chi connectivity index (χ3n) is 4.72. The Morgan fingerprint density at radius 2 is 1.89 bits per heavy atom. The predicted molar refractivity (Wildman–Crippen MR) is 104 cm³/mol. The number of carboxylic acid groups (broad SMARTS) is 1. The monoisotopic (exact) mass is 404 g/mol. The number of hydrogen-bond donors (Lipinski definition) is 2. The molecule has 146 valence electrons. The summed E-state index contributed by atoms with van der Waals surface area (Å²) in [7, 11) is 1.23. The Bertz CT molecular complexity index is 1200. The maximum absolute atomic E-state index is 12.9. The molecule has 0 aliphatic carbocycles. The molecule has 3 aromatic rings. The quantitative estimate of drug-likeness (QED) is 0.638. The summed E-state index contributed by atoms with van der Waals surface area (Å²) in [5.74, 6) is 0.363. The van der Waals surface area contributed by atoms with Crippen LogP contribution in [0.2, 0.25) is 5.02 Å². The maximum Gasteiger partial charge on any atom is 0.421 e. The van der Waals surface area contributed by atoms with Gasteiger partial charge in [0.05, 0.1) is 10.7 Å². The number of nitrogens with zero attached hydrogens (tertiary/aromatic N) is 5. The van der Waals surface area contributed by atoms with E-state index in [1.165, 1.54) is 11.6 Å². The van der Waals surface area contributed by atoms with Crippen LogP contribution in [0, 0.1) is 0 Å². The van der Waals surface area contributed by atoms with E-state index in [4.69, 9.17) is 11.6 Å². The molecule has 0 amide bonds. The third-order valence-corrected chi connectivity index (χ3v) is 5.04. The Kier molecular flexibility index (Phi) is 4.44. The Labute approximate surface area is 163 Å². The molecule has 1 aromatic carbocycles. The summed E-state index contributed by atoms with van der Waals surface area (Å²) in [4.78, 5) is 43.4. The Morgan fingerprint density at radius 3 is 2.54 bits per heavy atom. The van der Waals surface area contributed by atoms with Crippen molar-refractivity contribution < 1.29 is 9.90 Å². The lowest BCUT2D eigenvalue weighted by molar-refractivity contribution is 0.195. The first kappa shape index (κ1) is 18.3. The van der Waals surface area contributed by atoms with E-state index in [1.807, 2.05) is 4.90 Å². The molecule has 2 aromatic heterocycles. The highest BCUT2D eigenvalue weighted by Crippen LogP contribution is 2.29. The fourth-order valence-electron chi connectivity index (χ4n) is 3.34. The molecule has 10 nitrogen and oxygen atoms in total. The molecule has 0 radical (unpaired) electrons. The van der Waals surface area contributed by atoms with E-state index in [9.17, 15) is 19.5 Å². The van der Waals surface area contributed by atoms with E-state index in [1.54, 1.807) is 24.3 Å². The Balaban J connectivity index is 2.18. The summed E-state index contributed by atoms with van der Waals surface area (Å²) < 4.78 is 2.77. The predicted octanol–water partition coefficient (Wildman–Crippen LogP) is 0.475. The zero-order valence-electron chi connectivity index (χ0n) is 14.9. The van der Waals surface area contributed by atoms with Gasteiger partial charge < -0.3 is 15.3 Å². The molecule has 0 unspecified atom stereocenters. The molecule has 11 heteroatoms. The van der Waals surface area contributed by atoms with Gasteiger partial charge in [-0.2, -0.15) is 9.55 Å². The van der Waals surface area contributed by atoms with Gasteiger partial charge in [-0.1, -0.05) is 23.7 Å². The molecule has 0 atom stereocenters. The van der Waals surface area contributed by atoms with Gasteiger partial charge in [0.25, 0.3) is 5.56 Å². The second-order valence-corrected chi connectivity index (χ2v) is 6.78. The lowest BCUT2D eigenvalue weighted by atomic mass is 10.3. The smallest absolute Gasteiger partial charge is 0.421 e. The topological polar surface area (TPSA) is 114 Å². The molecule has 1 fully saturated rings. The van der Waals surface area contributed by atoms with Crippen LogP contribution in [0.1, 0.15) is 0 Å². The Hall–Kier alpha value is -3.11. The number of aromatic nitrogens is 4. The lowest BCUT2D eigenvalue weighted by Gasteiger charge is -2.28. The molecule has 4 rings (SSSR count). The molecule has 0 saturated carbocycles. The van der Waals surface area contributed by atoms with E-state index in [0.717, 1.165) is 4.57 Å². The standard InChI is InChI=1S/C17H17ClN6O4/c1-21-14(25)12-13(24(16(21)26)17(27)28)20-15(22-8-6-19-7-9-22)23(12)11-5-3-2-4-10(11)18/h2-5,19H,6-9H2,1H3,(H,27,28). The first-order valence-corrected chi connectivity index (χ1v) is 8.98. The Morgan fingerprint density at radius 1 is 1.21 bits per heavy atom. The lowest BCUT2D eigenvalue weighted by Crippen LogP contribution is -2.44. The number of piperazine rings is 1. The first-order valence-electron chi connectivity index (χ1n) is 8.60. The van der Waals surface area contributed by atoms with Gasteiger partial charge in [0.15, 0.2) is 11.2 Å². The van der Waals surface area contributed by atoms with Gasteiger partial charge in [-0.25, -0.2) is 9.59 Å². The van der Waals surface area contributed by atoms with Crippen molar-refractivity contribution in [2.45, 2.75) is 0 Å². The van der Waals surface area contributed by atoms with Crippen molar-refractivity contribution in [2.24, 2.45) is 7.05 Å². The van der Waals surface area contributed by atoms with Crippen molar-refractivity contribution in [1.82, 2.24) is 24.0 Å². The summed E-state index contributed by atoms with van der Waals surface area (Å²) in [5.41, 5.74) is -1.37. The van der Waals surface area contributed by atoms with Crippen LogP contribution in [-0.2, 0) is 7.05 Å². The SMILES string of the molecule is Cn1c(=O)c2c(nc(N3CCNCC3)n2-c2ccccc2Cl)n(C(=O)O)c1=O. The number of fused-ring (bicyclic) bond motifs is 1. The summed E-state index contributed by atoms with van der Waals surface area (Å²) in [5, 5.41) is 13.2. The van der Waals surface area contributed by atoms with Crippen LogP contribution in [0.25, 0.3) is 16.9 Å². The van der Waals surface area contributed by atoms with Crippen LogP contribution >= 0.6 is 11.6 Å². The summed E-state index contributed by atoms with van der Waals surface area (Å²) in [6.07, 6.45) is -1.51. The van der Waals surface area contributed by atoms with Crippen molar-refractivity contribution in [2.75, 3.05) is 31.1 Å². The number of rotatable bonds is 2. The van der Waals surface area contributed by atoms with Crippen molar-refractivity contribution in [1.29, 1.82) is 0 Å². The van der Waals surface area contributed by atoms with Crippen molar-refractivity contribution in [3.05, 3.63) is 50.1 Å². The van der Waals surface area contributed by atoms with Gasteiger partial charge in [-0.05, 0) is 12.1 Å². The average Bonchev–Trinajstić information content (AvgIpc) is 3.07. The summed E-state index contributed by atoms with van der Waals surface area (Å²) in [6.45, 7) is 2.61. The second kappa shape index (κ2) is 6.80. The highest BCUT2D eigenvalue weighted by molar-refractivity contribution is 6.32. The molecule has 28 heavy (non-hydrogen) atoms. The van der Waals surface area contributed by atoms with Crippen LogP contribution in [0.3, 0.4) is 0 Å². The van der Waals surface area contributed by atoms with Crippen molar-refractivity contribution in [3.8, 4) is 5.69 Å². The number of halogens is 1. The third kappa shape index (κ3) is 2.69. The van der Waals surface area contributed by atoms with Gasteiger partial charge in [-0.15, -0.1) is 0 Å². The average molecular weight is 405 g/mol. The minimum Gasteiger partial charge on any atom is -0.464 e. The number of imidazole rings is 1. The molecular formula is C17H17ClN6O4. The molecule has 0 bridgehead atoms. The van der Waals surface area contributed by atoms with Crippen LogP contribution < -0.4 is 21.5 Å². The van der Waals surface area contributed by atoms with Gasteiger partial charge in [0.1, 0.15) is 0 Å². The van der Waals surface area contributed by atoms with E-state index in [-0.39, 0.29) is 11.2 Å². The molecule has 0 spiro atoms. The van der Waals surface area contributed by atoms with Gasteiger partial charge in [0.2, 0.25) is 5.95 Å². The number of carbonyl (C=O) groups is 1. The molecule has 2 N–H and O–H groups in total. The fourth-order valence-corrected chi connectivity index (χ4v) is 3.56. The summed E-state index contributed by atoms with van der Waals surface area (Å²) >= 11 is 6.38. The fraction of sp³-hybridized carbons (Fsp3) is 0.294. The van der Waals surface area contributed by atoms with E-state index >= 15 is 0 Å². The van der Waals surface area contributed by atoms with E-state index in [0.29, 0.717) is 47.4 Å². The number of benzene rings is 1. The summed E-state index contributed by atoms with van der Waals surface area (Å²) in [6, 6.07) is 6.89. The minimum atomic E-state index is -1.51. The highest BCUT2D eigenvalue weighted by atomic mass is 35.5. The minimum absolute atomic E-state index is 0.0221. The first-order chi connectivity index (χ1) is 13.4. The van der Waals surface area contributed by atoms with Gasteiger partial charge in [0, 0.05) is 33.2 Å².